The van der Waals surface area contributed by atoms with Gasteiger partial charge in [0.15, 0.2) is 0 Å². The minimum Gasteiger partial charge on any atom is -0.348 e. The van der Waals surface area contributed by atoms with Crippen molar-refractivity contribution in [2.45, 2.75) is 38.6 Å². The topological polar surface area (TPSA) is 69.6 Å². The minimum atomic E-state index is 0.100. The molecule has 3 heterocycles. The fourth-order valence-corrected chi connectivity index (χ4v) is 3.54. The first kappa shape index (κ1) is 17.8. The van der Waals surface area contributed by atoms with Crippen molar-refractivity contribution in [1.29, 1.82) is 0 Å². The van der Waals surface area contributed by atoms with Gasteiger partial charge in [-0.3, -0.25) is 14.5 Å². The molecule has 1 aromatic heterocycles. The van der Waals surface area contributed by atoms with Gasteiger partial charge in [-0.05, 0) is 19.4 Å². The molecule has 0 bridgehead atoms. The number of rotatable bonds is 3. The monoisotopic (exact) mass is 345 g/mol. The van der Waals surface area contributed by atoms with E-state index in [4.69, 9.17) is 4.98 Å². The molecule has 2 aliphatic rings. The molecule has 1 atom stereocenters. The Morgan fingerprint density at radius 1 is 1.32 bits per heavy atom. The van der Waals surface area contributed by atoms with Crippen molar-refractivity contribution in [3.05, 3.63) is 23.3 Å². The molecule has 7 nitrogen and oxygen atoms in total. The molecule has 2 amide bonds. The number of nitrogens with zero attached hydrogens (tertiary/aromatic N) is 5. The highest BCUT2D eigenvalue weighted by Crippen LogP contribution is 2.26. The van der Waals surface area contributed by atoms with Crippen LogP contribution in [0.2, 0.25) is 0 Å². The van der Waals surface area contributed by atoms with Crippen LogP contribution in [-0.4, -0.2) is 76.8 Å². The summed E-state index contributed by atoms with van der Waals surface area (Å²) in [6.07, 6.45) is 4.80. The van der Waals surface area contributed by atoms with Gasteiger partial charge in [0.1, 0.15) is 5.82 Å². The normalized spacial score (nSPS) is 20.9. The van der Waals surface area contributed by atoms with Gasteiger partial charge >= 0.3 is 0 Å². The van der Waals surface area contributed by atoms with Crippen molar-refractivity contribution in [2.24, 2.45) is 0 Å². The van der Waals surface area contributed by atoms with Gasteiger partial charge in [-0.2, -0.15) is 0 Å². The molecule has 1 aromatic rings. The Morgan fingerprint density at radius 3 is 2.84 bits per heavy atom. The second-order valence-corrected chi connectivity index (χ2v) is 7.25. The lowest BCUT2D eigenvalue weighted by molar-refractivity contribution is -0.130. The Kier molecular flexibility index (Phi) is 5.32. The third-order valence-electron chi connectivity index (χ3n) is 5.13. The van der Waals surface area contributed by atoms with Crippen LogP contribution in [0.4, 0.5) is 0 Å². The Bertz CT molecular complexity index is 661. The van der Waals surface area contributed by atoms with E-state index in [-0.39, 0.29) is 17.7 Å². The van der Waals surface area contributed by atoms with Crippen molar-refractivity contribution < 1.29 is 9.59 Å². The second-order valence-electron chi connectivity index (χ2n) is 7.25. The van der Waals surface area contributed by atoms with Gasteiger partial charge in [-0.15, -0.1) is 0 Å². The number of piperidine rings is 1. The Hall–Kier alpha value is -2.02. The zero-order valence-corrected chi connectivity index (χ0v) is 15.4. The summed E-state index contributed by atoms with van der Waals surface area (Å²) in [7, 11) is 3.58. The molecule has 0 saturated carbocycles. The van der Waals surface area contributed by atoms with Crippen molar-refractivity contribution >= 4 is 11.8 Å². The van der Waals surface area contributed by atoms with Gasteiger partial charge in [0.25, 0.3) is 0 Å². The lowest BCUT2D eigenvalue weighted by atomic mass is 9.96. The van der Waals surface area contributed by atoms with E-state index in [1.807, 2.05) is 11.1 Å². The summed E-state index contributed by atoms with van der Waals surface area (Å²) in [5.74, 6) is 1.40. The molecule has 7 heteroatoms. The van der Waals surface area contributed by atoms with Gasteiger partial charge in [0.2, 0.25) is 11.8 Å². The number of carbonyl (C=O) groups is 2. The third kappa shape index (κ3) is 4.15. The number of likely N-dealkylation sites (tertiary alicyclic amines) is 1. The van der Waals surface area contributed by atoms with Crippen molar-refractivity contribution in [3.63, 3.8) is 0 Å². The molecule has 1 unspecified atom stereocenters. The molecule has 0 aliphatic carbocycles. The fourth-order valence-electron chi connectivity index (χ4n) is 3.54. The number of carbonyl (C=O) groups excluding carboxylic acids is 2. The van der Waals surface area contributed by atoms with Crippen LogP contribution in [0, 0.1) is 0 Å². The summed E-state index contributed by atoms with van der Waals surface area (Å²) in [4.78, 5) is 38.6. The highest BCUT2D eigenvalue weighted by Gasteiger charge is 2.27. The summed E-state index contributed by atoms with van der Waals surface area (Å²) in [5.41, 5.74) is 2.13. The van der Waals surface area contributed by atoms with E-state index in [0.717, 1.165) is 56.0 Å². The number of hydrogen-bond acceptors (Lipinski definition) is 5. The molecule has 0 N–H and O–H groups in total. The van der Waals surface area contributed by atoms with Crippen LogP contribution >= 0.6 is 0 Å². The zero-order chi connectivity index (χ0) is 18.0. The number of hydrogen-bond donors (Lipinski definition) is 0. The first-order chi connectivity index (χ1) is 11.9. The van der Waals surface area contributed by atoms with Gasteiger partial charge in [-0.25, -0.2) is 9.97 Å². The molecular formula is C18H27N5O2. The summed E-state index contributed by atoms with van der Waals surface area (Å²) in [6, 6.07) is 0. The van der Waals surface area contributed by atoms with E-state index < -0.39 is 0 Å². The van der Waals surface area contributed by atoms with Crippen molar-refractivity contribution in [3.8, 4) is 0 Å². The van der Waals surface area contributed by atoms with Crippen LogP contribution in [0.5, 0.6) is 0 Å². The van der Waals surface area contributed by atoms with E-state index >= 15 is 0 Å². The van der Waals surface area contributed by atoms with Gasteiger partial charge in [0, 0.05) is 64.8 Å². The summed E-state index contributed by atoms with van der Waals surface area (Å²) < 4.78 is 0. The summed E-state index contributed by atoms with van der Waals surface area (Å²) in [6.45, 7) is 5.19. The minimum absolute atomic E-state index is 0.100. The van der Waals surface area contributed by atoms with Crippen molar-refractivity contribution in [2.75, 3.05) is 40.3 Å². The van der Waals surface area contributed by atoms with E-state index in [2.05, 4.69) is 9.88 Å². The van der Waals surface area contributed by atoms with Gasteiger partial charge in [-0.1, -0.05) is 0 Å². The Morgan fingerprint density at radius 2 is 2.12 bits per heavy atom. The molecule has 0 radical (unpaired) electrons. The highest BCUT2D eigenvalue weighted by molar-refractivity contribution is 5.77. The van der Waals surface area contributed by atoms with E-state index in [1.54, 1.807) is 25.9 Å². The lowest BCUT2D eigenvalue weighted by Crippen LogP contribution is -2.42. The maximum absolute atomic E-state index is 12.0. The van der Waals surface area contributed by atoms with Crippen LogP contribution in [0.1, 0.15) is 42.8 Å². The Labute approximate surface area is 149 Å². The largest absolute Gasteiger partial charge is 0.348 e. The lowest BCUT2D eigenvalue weighted by Gasteiger charge is -2.33. The average Bonchev–Trinajstić information content (AvgIpc) is 2.60. The molecule has 1 fully saturated rings. The van der Waals surface area contributed by atoms with Crippen LogP contribution in [0.15, 0.2) is 6.20 Å². The van der Waals surface area contributed by atoms with E-state index in [1.165, 1.54) is 0 Å². The number of aromatic nitrogens is 2. The number of fused-ring (bicyclic) bond motifs is 1. The molecule has 0 aromatic carbocycles. The van der Waals surface area contributed by atoms with Crippen LogP contribution in [0.3, 0.4) is 0 Å². The van der Waals surface area contributed by atoms with Crippen molar-refractivity contribution in [1.82, 2.24) is 24.7 Å². The predicted molar refractivity (Wildman–Crippen MR) is 93.9 cm³/mol. The smallest absolute Gasteiger partial charge is 0.236 e. The third-order valence-corrected chi connectivity index (χ3v) is 5.13. The van der Waals surface area contributed by atoms with E-state index in [9.17, 15) is 9.59 Å². The maximum atomic E-state index is 12.0. The first-order valence-corrected chi connectivity index (χ1v) is 8.96. The SMILES string of the molecule is CC(=O)N1CCc2nc(C3CCCN(CC(=O)N(C)C)C3)ncc2C1. The van der Waals surface area contributed by atoms with E-state index in [0.29, 0.717) is 13.1 Å². The summed E-state index contributed by atoms with van der Waals surface area (Å²) in [5, 5.41) is 0. The zero-order valence-electron chi connectivity index (χ0n) is 15.4. The predicted octanol–water partition coefficient (Wildman–Crippen LogP) is 0.649. The van der Waals surface area contributed by atoms with Crippen LogP contribution < -0.4 is 0 Å². The number of amides is 2. The van der Waals surface area contributed by atoms with Gasteiger partial charge in [0.05, 0.1) is 12.2 Å². The quantitative estimate of drug-likeness (QED) is 0.804. The molecule has 3 rings (SSSR count). The molecule has 136 valence electrons. The number of likely N-dealkylation sites (N-methyl/N-ethyl adjacent to an activating group) is 1. The first-order valence-electron chi connectivity index (χ1n) is 8.96. The fraction of sp³-hybridized carbons (Fsp3) is 0.667. The molecular weight excluding hydrogens is 318 g/mol. The van der Waals surface area contributed by atoms with Crippen LogP contribution in [0.25, 0.3) is 0 Å². The molecule has 25 heavy (non-hydrogen) atoms. The molecule has 0 spiro atoms. The summed E-state index contributed by atoms with van der Waals surface area (Å²) >= 11 is 0. The highest BCUT2D eigenvalue weighted by atomic mass is 16.2. The molecule has 2 aliphatic heterocycles. The van der Waals surface area contributed by atoms with Gasteiger partial charge < -0.3 is 9.80 Å². The average molecular weight is 345 g/mol. The standard InChI is InChI=1S/C18H27N5O2/c1-13(24)23-8-6-16-15(11-23)9-19-18(20-16)14-5-4-7-22(10-14)12-17(25)21(2)3/h9,14H,4-8,10-12H2,1-3H3. The van der Waals surface area contributed by atoms with Crippen LogP contribution in [-0.2, 0) is 22.6 Å². The Balaban J connectivity index is 1.68. The molecule has 1 saturated heterocycles. The second kappa shape index (κ2) is 7.47. The maximum Gasteiger partial charge on any atom is 0.236 e.